The first-order valence-corrected chi connectivity index (χ1v) is 6.19. The van der Waals surface area contributed by atoms with E-state index in [9.17, 15) is 4.39 Å². The molecule has 0 fully saturated rings. The predicted octanol–water partition coefficient (Wildman–Crippen LogP) is 2.36. The van der Waals surface area contributed by atoms with Crippen LogP contribution in [0.25, 0.3) is 0 Å². The van der Waals surface area contributed by atoms with Crippen LogP contribution in [-0.4, -0.2) is 34.2 Å². The Hall–Kier alpha value is -2.70. The summed E-state index contributed by atoms with van der Waals surface area (Å²) >= 11 is 0. The lowest BCUT2D eigenvalue weighted by Gasteiger charge is -2.12. The molecule has 0 aliphatic heterocycles. The molecular formula is C14H15FN4O2. The second kappa shape index (κ2) is 7.18. The second-order valence-corrected chi connectivity index (χ2v) is 4.00. The highest BCUT2D eigenvalue weighted by Gasteiger charge is 2.21. The van der Waals surface area contributed by atoms with Gasteiger partial charge >= 0.3 is 0 Å². The van der Waals surface area contributed by atoms with Crippen LogP contribution in [-0.2, 0) is 4.84 Å². The zero-order chi connectivity index (χ0) is 15.1. The predicted molar refractivity (Wildman–Crippen MR) is 75.8 cm³/mol. The van der Waals surface area contributed by atoms with E-state index in [2.05, 4.69) is 21.8 Å². The number of alkyl halides is 1. The lowest BCUT2D eigenvalue weighted by Crippen LogP contribution is -2.18. The minimum atomic E-state index is -1.62. The summed E-state index contributed by atoms with van der Waals surface area (Å²) in [6.07, 6.45) is 2.42. The van der Waals surface area contributed by atoms with E-state index < -0.39 is 6.30 Å². The van der Waals surface area contributed by atoms with E-state index in [-0.39, 0.29) is 12.3 Å². The Morgan fingerprint density at radius 3 is 3.10 bits per heavy atom. The molecule has 0 aliphatic rings. The number of methoxy groups -OCH3 is 1. The van der Waals surface area contributed by atoms with Gasteiger partial charge in [0.2, 0.25) is 6.30 Å². The number of ether oxygens (including phenoxy) is 1. The number of benzene rings is 1. The van der Waals surface area contributed by atoms with Crippen molar-refractivity contribution in [3.05, 3.63) is 55.1 Å². The van der Waals surface area contributed by atoms with E-state index in [0.29, 0.717) is 11.3 Å². The molecule has 1 unspecified atom stereocenters. The van der Waals surface area contributed by atoms with E-state index in [0.717, 1.165) is 4.68 Å². The lowest BCUT2D eigenvalue weighted by molar-refractivity contribution is 0.168. The summed E-state index contributed by atoms with van der Waals surface area (Å²) < 4.78 is 20.7. The normalized spacial score (nSPS) is 12.8. The smallest absolute Gasteiger partial charge is 0.239 e. The van der Waals surface area contributed by atoms with E-state index >= 15 is 0 Å². The quantitative estimate of drug-likeness (QED) is 0.340. The second-order valence-electron chi connectivity index (χ2n) is 4.00. The summed E-state index contributed by atoms with van der Waals surface area (Å²) in [6, 6.07) is 6.88. The van der Waals surface area contributed by atoms with Gasteiger partial charge in [0.15, 0.2) is 0 Å². The van der Waals surface area contributed by atoms with Gasteiger partial charge in [-0.25, -0.2) is 14.1 Å². The van der Waals surface area contributed by atoms with Gasteiger partial charge in [0.1, 0.15) is 30.7 Å². The lowest BCUT2D eigenvalue weighted by atomic mass is 10.1. The average Bonchev–Trinajstić information content (AvgIpc) is 3.05. The highest BCUT2D eigenvalue weighted by atomic mass is 19.1. The van der Waals surface area contributed by atoms with Gasteiger partial charge in [-0.1, -0.05) is 29.9 Å². The van der Waals surface area contributed by atoms with Crippen molar-refractivity contribution >= 4 is 5.71 Å². The van der Waals surface area contributed by atoms with Crippen LogP contribution in [0.4, 0.5) is 4.39 Å². The Morgan fingerprint density at radius 1 is 1.57 bits per heavy atom. The first kappa shape index (κ1) is 14.7. The van der Waals surface area contributed by atoms with E-state index in [1.165, 1.54) is 25.8 Å². The molecule has 0 spiro atoms. The van der Waals surface area contributed by atoms with Crippen LogP contribution in [0.15, 0.2) is 54.7 Å². The fourth-order valence-electron chi connectivity index (χ4n) is 1.64. The molecule has 6 nitrogen and oxygen atoms in total. The fourth-order valence-corrected chi connectivity index (χ4v) is 1.64. The summed E-state index contributed by atoms with van der Waals surface area (Å²) in [4.78, 5) is 8.74. The Labute approximate surface area is 121 Å². The first-order valence-electron chi connectivity index (χ1n) is 6.19. The standard InChI is InChI=1S/C14H15FN4O2/c1-3-7-21-18-13(14(15)19-10-16-9-17-19)11-5-4-6-12(8-11)20-2/h3-6,8-10,14H,1,7H2,2H3. The SMILES string of the molecule is C=CCON=C(c1cccc(OC)c1)C(F)n1cncn1. The highest BCUT2D eigenvalue weighted by molar-refractivity contribution is 6.02. The van der Waals surface area contributed by atoms with Crippen LogP contribution in [0.3, 0.4) is 0 Å². The number of hydrogen-bond donors (Lipinski definition) is 0. The monoisotopic (exact) mass is 290 g/mol. The van der Waals surface area contributed by atoms with Gasteiger partial charge in [-0.2, -0.15) is 5.10 Å². The molecule has 2 aromatic rings. The van der Waals surface area contributed by atoms with E-state index in [4.69, 9.17) is 9.57 Å². The van der Waals surface area contributed by atoms with Crippen molar-refractivity contribution in [1.29, 1.82) is 0 Å². The molecule has 1 heterocycles. The molecule has 0 bridgehead atoms. The van der Waals surface area contributed by atoms with Crippen molar-refractivity contribution in [2.75, 3.05) is 13.7 Å². The van der Waals surface area contributed by atoms with Crippen molar-refractivity contribution in [3.63, 3.8) is 0 Å². The first-order chi connectivity index (χ1) is 10.3. The van der Waals surface area contributed by atoms with Gasteiger partial charge in [0, 0.05) is 5.56 Å². The zero-order valence-electron chi connectivity index (χ0n) is 11.5. The Morgan fingerprint density at radius 2 is 2.43 bits per heavy atom. The van der Waals surface area contributed by atoms with Crippen LogP contribution in [0.5, 0.6) is 5.75 Å². The van der Waals surface area contributed by atoms with Gasteiger partial charge in [-0.15, -0.1) is 0 Å². The maximum atomic E-state index is 14.6. The van der Waals surface area contributed by atoms with Crippen molar-refractivity contribution < 1.29 is 14.0 Å². The molecule has 1 aromatic carbocycles. The molecule has 2 rings (SSSR count). The Kier molecular flexibility index (Phi) is 5.03. The van der Waals surface area contributed by atoms with Crippen LogP contribution in [0, 0.1) is 0 Å². The van der Waals surface area contributed by atoms with Crippen LogP contribution >= 0.6 is 0 Å². The highest BCUT2D eigenvalue weighted by Crippen LogP contribution is 2.20. The molecule has 0 amide bonds. The molecule has 0 aliphatic carbocycles. The summed E-state index contributed by atoms with van der Waals surface area (Å²) in [6.45, 7) is 3.69. The number of halogens is 1. The maximum Gasteiger partial charge on any atom is 0.239 e. The van der Waals surface area contributed by atoms with E-state index in [1.54, 1.807) is 24.3 Å². The summed E-state index contributed by atoms with van der Waals surface area (Å²) in [5.74, 6) is 0.592. The number of hydrogen-bond acceptors (Lipinski definition) is 5. The van der Waals surface area contributed by atoms with E-state index in [1.807, 2.05) is 0 Å². The molecule has 1 atom stereocenters. The van der Waals surface area contributed by atoms with Crippen LogP contribution in [0.2, 0.25) is 0 Å². The fraction of sp³-hybridized carbons (Fsp3) is 0.214. The third kappa shape index (κ3) is 3.65. The molecular weight excluding hydrogens is 275 g/mol. The zero-order valence-corrected chi connectivity index (χ0v) is 11.5. The minimum Gasteiger partial charge on any atom is -0.497 e. The molecule has 1 aromatic heterocycles. The van der Waals surface area contributed by atoms with Gasteiger partial charge in [0.25, 0.3) is 0 Å². The van der Waals surface area contributed by atoms with Crippen molar-refractivity contribution in [3.8, 4) is 5.75 Å². The van der Waals surface area contributed by atoms with Crippen molar-refractivity contribution in [1.82, 2.24) is 14.8 Å². The summed E-state index contributed by atoms with van der Waals surface area (Å²) in [7, 11) is 1.54. The van der Waals surface area contributed by atoms with Crippen LogP contribution in [0.1, 0.15) is 11.9 Å². The number of rotatable bonds is 7. The Balaban J connectivity index is 2.35. The summed E-state index contributed by atoms with van der Waals surface area (Å²) in [5, 5.41) is 7.62. The molecule has 21 heavy (non-hydrogen) atoms. The summed E-state index contributed by atoms with van der Waals surface area (Å²) in [5.41, 5.74) is 0.600. The van der Waals surface area contributed by atoms with Gasteiger partial charge in [-0.3, -0.25) is 0 Å². The minimum absolute atomic E-state index is 0.0706. The van der Waals surface area contributed by atoms with Gasteiger partial charge in [-0.05, 0) is 12.1 Å². The maximum absolute atomic E-state index is 14.6. The third-order valence-electron chi connectivity index (χ3n) is 2.62. The number of nitrogens with zero attached hydrogens (tertiary/aromatic N) is 4. The molecule has 0 radical (unpaired) electrons. The number of oxime groups is 1. The molecule has 7 heteroatoms. The average molecular weight is 290 g/mol. The van der Waals surface area contributed by atoms with Gasteiger partial charge < -0.3 is 9.57 Å². The Bertz CT molecular complexity index is 613. The van der Waals surface area contributed by atoms with Crippen LogP contribution < -0.4 is 4.74 Å². The van der Waals surface area contributed by atoms with Gasteiger partial charge in [0.05, 0.1) is 7.11 Å². The third-order valence-corrected chi connectivity index (χ3v) is 2.62. The molecule has 0 N–H and O–H groups in total. The van der Waals surface area contributed by atoms with Crippen molar-refractivity contribution in [2.45, 2.75) is 6.30 Å². The van der Waals surface area contributed by atoms with Crippen molar-refractivity contribution in [2.24, 2.45) is 5.16 Å². The molecule has 0 saturated heterocycles. The largest absolute Gasteiger partial charge is 0.497 e. The molecule has 0 saturated carbocycles. The number of aromatic nitrogens is 3. The molecule has 110 valence electrons. The topological polar surface area (TPSA) is 61.5 Å².